The molecule has 0 spiro atoms. The first-order valence-corrected chi connectivity index (χ1v) is 8.09. The van der Waals surface area contributed by atoms with E-state index in [9.17, 15) is 9.59 Å². The molecule has 23 heavy (non-hydrogen) atoms. The van der Waals surface area contributed by atoms with E-state index in [2.05, 4.69) is 10.3 Å². The Morgan fingerprint density at radius 1 is 1.17 bits per heavy atom. The summed E-state index contributed by atoms with van der Waals surface area (Å²) < 4.78 is 0.668. The molecule has 2 aromatic heterocycles. The maximum atomic E-state index is 12.5. The topological polar surface area (TPSA) is 62.0 Å². The number of ketones is 1. The normalized spacial score (nSPS) is 10.5. The minimum atomic E-state index is -0.244. The number of Topliss-reactive ketones (excluding diaryl/α,β-unsaturated/α-hetero) is 1. The van der Waals surface area contributed by atoms with E-state index < -0.39 is 0 Å². The van der Waals surface area contributed by atoms with Crippen LogP contribution in [0, 0.1) is 0 Å². The maximum absolute atomic E-state index is 12.5. The van der Waals surface area contributed by atoms with Crippen LogP contribution < -0.4 is 5.32 Å². The van der Waals surface area contributed by atoms with Gasteiger partial charge in [-0.05, 0) is 31.2 Å². The highest BCUT2D eigenvalue weighted by Gasteiger charge is 2.16. The number of hydrogen-bond donors (Lipinski definition) is 2. The molecule has 0 saturated carbocycles. The first-order valence-electron chi connectivity index (χ1n) is 6.89. The quantitative estimate of drug-likeness (QED) is 0.664. The van der Waals surface area contributed by atoms with Gasteiger partial charge in [-0.1, -0.05) is 23.7 Å². The van der Waals surface area contributed by atoms with Crippen LogP contribution in [0.1, 0.15) is 27.6 Å². The lowest BCUT2D eigenvalue weighted by atomic mass is 10.1. The van der Waals surface area contributed by atoms with Crippen molar-refractivity contribution in [3.63, 3.8) is 0 Å². The summed E-state index contributed by atoms with van der Waals surface area (Å²) in [5.41, 5.74) is 2.46. The van der Waals surface area contributed by atoms with Crippen LogP contribution >= 0.6 is 22.9 Å². The third-order valence-corrected chi connectivity index (χ3v) is 4.62. The van der Waals surface area contributed by atoms with Crippen molar-refractivity contribution in [2.45, 2.75) is 6.92 Å². The molecule has 4 nitrogen and oxygen atoms in total. The number of carbonyl (C=O) groups excluding carboxylic acids is 2. The van der Waals surface area contributed by atoms with Crippen molar-refractivity contribution in [2.24, 2.45) is 0 Å². The summed E-state index contributed by atoms with van der Waals surface area (Å²) in [5, 5.41) is 2.82. The second kappa shape index (κ2) is 6.40. The van der Waals surface area contributed by atoms with Crippen LogP contribution in [0.3, 0.4) is 0 Å². The lowest BCUT2D eigenvalue weighted by Gasteiger charge is -2.06. The van der Waals surface area contributed by atoms with Crippen molar-refractivity contribution < 1.29 is 9.59 Å². The molecule has 0 aliphatic rings. The lowest BCUT2D eigenvalue weighted by molar-refractivity contribution is 0.101. The van der Waals surface area contributed by atoms with E-state index in [1.54, 1.807) is 42.7 Å². The molecule has 0 fully saturated rings. The van der Waals surface area contributed by atoms with Crippen LogP contribution in [0.25, 0.3) is 10.4 Å². The fraction of sp³-hybridized carbons (Fsp3) is 0.0588. The molecule has 1 aromatic carbocycles. The van der Waals surface area contributed by atoms with Gasteiger partial charge < -0.3 is 10.3 Å². The summed E-state index contributed by atoms with van der Waals surface area (Å²) in [6.07, 6.45) is 3.41. The lowest BCUT2D eigenvalue weighted by Crippen LogP contribution is -2.12. The number of nitrogens with one attached hydrogen (secondary N) is 2. The highest BCUT2D eigenvalue weighted by molar-refractivity contribution is 7.19. The van der Waals surface area contributed by atoms with E-state index in [1.165, 1.54) is 18.3 Å². The zero-order valence-corrected chi connectivity index (χ0v) is 13.8. The van der Waals surface area contributed by atoms with Crippen LogP contribution in [0.15, 0.2) is 48.8 Å². The predicted molar refractivity (Wildman–Crippen MR) is 93.5 cm³/mol. The second-order valence-electron chi connectivity index (χ2n) is 4.98. The van der Waals surface area contributed by atoms with Crippen molar-refractivity contribution in [1.29, 1.82) is 0 Å². The van der Waals surface area contributed by atoms with Crippen LogP contribution in [-0.4, -0.2) is 16.7 Å². The van der Waals surface area contributed by atoms with E-state index in [-0.39, 0.29) is 11.7 Å². The monoisotopic (exact) mass is 344 g/mol. The number of aromatic amines is 1. The van der Waals surface area contributed by atoms with Crippen LogP contribution in [-0.2, 0) is 0 Å². The van der Waals surface area contributed by atoms with E-state index in [1.807, 2.05) is 6.07 Å². The number of H-pyrrole nitrogens is 1. The number of amides is 1. The summed E-state index contributed by atoms with van der Waals surface area (Å²) >= 11 is 7.37. The zero-order chi connectivity index (χ0) is 16.4. The highest BCUT2D eigenvalue weighted by Crippen LogP contribution is 2.33. The minimum absolute atomic E-state index is 0.0448. The van der Waals surface area contributed by atoms with Crippen molar-refractivity contribution in [1.82, 2.24) is 4.98 Å². The summed E-state index contributed by atoms with van der Waals surface area (Å²) in [5.74, 6) is -0.289. The Balaban J connectivity index is 1.86. The standard InChI is InChI=1S/C17H13ClN2O2S/c1-10(21)11-3-2-4-12(7-11)20-17(22)14-9-19-8-13(14)15-5-6-16(18)23-15/h2-9,19H,1H3,(H,20,22). The molecule has 0 radical (unpaired) electrons. The summed E-state index contributed by atoms with van der Waals surface area (Å²) in [6.45, 7) is 1.49. The number of benzene rings is 1. The molecule has 0 atom stereocenters. The average Bonchev–Trinajstić information content (AvgIpc) is 3.15. The van der Waals surface area contributed by atoms with Gasteiger partial charge in [-0.3, -0.25) is 9.59 Å². The number of carbonyl (C=O) groups is 2. The van der Waals surface area contributed by atoms with Crippen LogP contribution in [0.5, 0.6) is 0 Å². The number of anilines is 1. The first-order chi connectivity index (χ1) is 11.0. The fourth-order valence-corrected chi connectivity index (χ4v) is 3.30. The predicted octanol–water partition coefficient (Wildman–Crippen LogP) is 4.85. The molecule has 3 aromatic rings. The number of halogens is 1. The van der Waals surface area contributed by atoms with Crippen LogP contribution in [0.4, 0.5) is 5.69 Å². The SMILES string of the molecule is CC(=O)c1cccc(NC(=O)c2c[nH]cc2-c2ccc(Cl)s2)c1. The Morgan fingerprint density at radius 3 is 2.70 bits per heavy atom. The number of rotatable bonds is 4. The molecular weight excluding hydrogens is 332 g/mol. The third-order valence-electron chi connectivity index (χ3n) is 3.36. The average molecular weight is 345 g/mol. The maximum Gasteiger partial charge on any atom is 0.257 e. The van der Waals surface area contributed by atoms with Gasteiger partial charge in [-0.2, -0.15) is 0 Å². The molecule has 3 rings (SSSR count). The van der Waals surface area contributed by atoms with Gasteiger partial charge in [0.05, 0.1) is 9.90 Å². The van der Waals surface area contributed by atoms with Crippen molar-refractivity contribution in [3.8, 4) is 10.4 Å². The van der Waals surface area contributed by atoms with Gasteiger partial charge in [0.1, 0.15) is 0 Å². The molecule has 0 aliphatic carbocycles. The highest BCUT2D eigenvalue weighted by atomic mass is 35.5. The second-order valence-corrected chi connectivity index (χ2v) is 6.69. The van der Waals surface area contributed by atoms with E-state index in [0.29, 0.717) is 21.2 Å². The largest absolute Gasteiger partial charge is 0.366 e. The van der Waals surface area contributed by atoms with E-state index >= 15 is 0 Å². The van der Waals surface area contributed by atoms with Gasteiger partial charge in [0, 0.05) is 34.1 Å². The molecule has 0 unspecified atom stereocenters. The van der Waals surface area contributed by atoms with Crippen molar-refractivity contribution in [3.05, 3.63) is 64.3 Å². The summed E-state index contributed by atoms with van der Waals surface area (Å²) in [4.78, 5) is 27.8. The molecular formula is C17H13ClN2O2S. The van der Waals surface area contributed by atoms with E-state index in [4.69, 9.17) is 11.6 Å². The Morgan fingerprint density at radius 2 is 2.00 bits per heavy atom. The molecule has 1 amide bonds. The Hall–Kier alpha value is -2.37. The Labute approximate surface area is 142 Å². The molecule has 2 N–H and O–H groups in total. The number of hydrogen-bond acceptors (Lipinski definition) is 3. The third kappa shape index (κ3) is 3.36. The first kappa shape index (κ1) is 15.5. The molecule has 2 heterocycles. The summed E-state index contributed by atoms with van der Waals surface area (Å²) in [6, 6.07) is 10.5. The Kier molecular flexibility index (Phi) is 4.32. The van der Waals surface area contributed by atoms with Gasteiger partial charge in [0.2, 0.25) is 0 Å². The minimum Gasteiger partial charge on any atom is -0.366 e. The molecule has 0 bridgehead atoms. The van der Waals surface area contributed by atoms with Crippen molar-refractivity contribution in [2.75, 3.05) is 5.32 Å². The molecule has 0 aliphatic heterocycles. The zero-order valence-electron chi connectivity index (χ0n) is 12.2. The van der Waals surface area contributed by atoms with Crippen molar-refractivity contribution >= 4 is 40.3 Å². The van der Waals surface area contributed by atoms with E-state index in [0.717, 1.165) is 10.4 Å². The van der Waals surface area contributed by atoms with Gasteiger partial charge in [0.25, 0.3) is 5.91 Å². The van der Waals surface area contributed by atoms with Crippen LogP contribution in [0.2, 0.25) is 4.34 Å². The smallest absolute Gasteiger partial charge is 0.257 e. The molecule has 6 heteroatoms. The Bertz CT molecular complexity index is 882. The number of thiophene rings is 1. The van der Waals surface area contributed by atoms with Gasteiger partial charge in [-0.25, -0.2) is 0 Å². The fourth-order valence-electron chi connectivity index (χ4n) is 2.23. The van der Waals surface area contributed by atoms with Gasteiger partial charge in [0.15, 0.2) is 5.78 Å². The summed E-state index contributed by atoms with van der Waals surface area (Å²) in [7, 11) is 0. The molecule has 0 saturated heterocycles. The number of aromatic nitrogens is 1. The molecule has 116 valence electrons. The van der Waals surface area contributed by atoms with Gasteiger partial charge >= 0.3 is 0 Å². The van der Waals surface area contributed by atoms with Gasteiger partial charge in [-0.15, -0.1) is 11.3 Å².